The summed E-state index contributed by atoms with van der Waals surface area (Å²) in [4.78, 5) is 10.7. The molecule has 0 N–H and O–H groups in total. The van der Waals surface area contributed by atoms with Gasteiger partial charge in [-0.2, -0.15) is 0 Å². The summed E-state index contributed by atoms with van der Waals surface area (Å²) in [5, 5.41) is 0. The first-order valence-electron chi connectivity index (χ1n) is 3.89. The van der Waals surface area contributed by atoms with Crippen LogP contribution in [0.4, 0.5) is 4.79 Å². The molecule has 0 amide bonds. The molecule has 74 valence electrons. The summed E-state index contributed by atoms with van der Waals surface area (Å²) in [7, 11) is 1.26. The fraction of sp³-hybridized carbons (Fsp3) is 0.625. The number of carbonyl (C=O) groups excluding carboxylic acids is 1. The minimum absolute atomic E-state index is 0.214. The molecule has 5 heteroatoms. The van der Waals surface area contributed by atoms with Crippen molar-refractivity contribution >= 4 is 6.16 Å². The molecule has 0 aromatic carbocycles. The molecule has 0 saturated heterocycles. The normalized spacial score (nSPS) is 23.0. The van der Waals surface area contributed by atoms with Crippen LogP contribution in [0.5, 0.6) is 0 Å². The van der Waals surface area contributed by atoms with Crippen molar-refractivity contribution < 1.29 is 23.7 Å². The minimum atomic E-state index is -0.709. The van der Waals surface area contributed by atoms with Crippen molar-refractivity contribution in [2.45, 2.75) is 6.10 Å². The molecule has 1 aliphatic rings. The molecule has 13 heavy (non-hydrogen) atoms. The highest BCUT2D eigenvalue weighted by atomic mass is 16.7. The Morgan fingerprint density at radius 1 is 1.54 bits per heavy atom. The van der Waals surface area contributed by atoms with Gasteiger partial charge in [0.2, 0.25) is 0 Å². The van der Waals surface area contributed by atoms with E-state index in [0.717, 1.165) is 0 Å². The molecule has 1 atom stereocenters. The van der Waals surface area contributed by atoms with Gasteiger partial charge in [0, 0.05) is 0 Å². The second kappa shape index (κ2) is 5.55. The maximum atomic E-state index is 10.7. The van der Waals surface area contributed by atoms with E-state index in [1.165, 1.54) is 7.11 Å². The molecule has 0 bridgehead atoms. The fourth-order valence-electron chi connectivity index (χ4n) is 0.847. The minimum Gasteiger partial charge on any atom is -0.438 e. The highest BCUT2D eigenvalue weighted by Gasteiger charge is 2.12. The Balaban J connectivity index is 2.37. The Morgan fingerprint density at radius 2 is 2.38 bits per heavy atom. The van der Waals surface area contributed by atoms with Crippen molar-refractivity contribution in [1.82, 2.24) is 0 Å². The highest BCUT2D eigenvalue weighted by Crippen LogP contribution is 2.01. The molecular formula is C8H12O5. The predicted molar refractivity (Wildman–Crippen MR) is 43.2 cm³/mol. The lowest BCUT2D eigenvalue weighted by molar-refractivity contribution is -0.0754. The number of hydrogen-bond acceptors (Lipinski definition) is 5. The molecule has 0 spiro atoms. The van der Waals surface area contributed by atoms with Crippen LogP contribution in [-0.2, 0) is 18.9 Å². The summed E-state index contributed by atoms with van der Waals surface area (Å²) in [6.07, 6.45) is 2.38. The van der Waals surface area contributed by atoms with E-state index in [1.54, 1.807) is 12.2 Å². The maximum absolute atomic E-state index is 10.7. The van der Waals surface area contributed by atoms with E-state index in [0.29, 0.717) is 6.61 Å². The average Bonchev–Trinajstić information content (AvgIpc) is 2.09. The van der Waals surface area contributed by atoms with Crippen molar-refractivity contribution in [3.05, 3.63) is 12.2 Å². The van der Waals surface area contributed by atoms with Gasteiger partial charge in [0.05, 0.1) is 20.3 Å². The lowest BCUT2D eigenvalue weighted by Gasteiger charge is -2.15. The Hall–Kier alpha value is -1.07. The zero-order valence-corrected chi connectivity index (χ0v) is 7.39. The third-order valence-corrected chi connectivity index (χ3v) is 1.43. The Morgan fingerprint density at radius 3 is 3.15 bits per heavy atom. The number of carbonyl (C=O) groups is 1. The molecule has 1 rings (SSSR count). The Labute approximate surface area is 76.2 Å². The molecule has 1 aliphatic heterocycles. The second-order valence-electron chi connectivity index (χ2n) is 2.40. The van der Waals surface area contributed by atoms with Crippen LogP contribution in [0.1, 0.15) is 0 Å². The predicted octanol–water partition coefficient (Wildman–Crippen LogP) is 0.698. The van der Waals surface area contributed by atoms with Gasteiger partial charge >= 0.3 is 6.16 Å². The van der Waals surface area contributed by atoms with Crippen LogP contribution in [0, 0.1) is 0 Å². The quantitative estimate of drug-likeness (QED) is 0.448. The van der Waals surface area contributed by atoms with Crippen molar-refractivity contribution in [2.75, 3.05) is 27.1 Å². The summed E-state index contributed by atoms with van der Waals surface area (Å²) < 4.78 is 19.2. The van der Waals surface area contributed by atoms with Crippen molar-refractivity contribution in [3.8, 4) is 0 Å². The smallest absolute Gasteiger partial charge is 0.438 e. The molecule has 0 radical (unpaired) electrons. The third-order valence-electron chi connectivity index (χ3n) is 1.43. The molecule has 0 aliphatic carbocycles. The largest absolute Gasteiger partial charge is 0.508 e. The first-order chi connectivity index (χ1) is 6.33. The van der Waals surface area contributed by atoms with Crippen LogP contribution in [0.3, 0.4) is 0 Å². The van der Waals surface area contributed by atoms with E-state index in [4.69, 9.17) is 14.2 Å². The topological polar surface area (TPSA) is 54.0 Å². The van der Waals surface area contributed by atoms with Gasteiger partial charge < -0.3 is 18.9 Å². The van der Waals surface area contributed by atoms with Crippen LogP contribution in [0.25, 0.3) is 0 Å². The highest BCUT2D eigenvalue weighted by molar-refractivity contribution is 5.60. The zero-order chi connectivity index (χ0) is 9.52. The van der Waals surface area contributed by atoms with Crippen LogP contribution in [0.15, 0.2) is 12.2 Å². The lowest BCUT2D eigenvalue weighted by atomic mass is 10.3. The zero-order valence-electron chi connectivity index (χ0n) is 7.39. The molecule has 5 nitrogen and oxygen atoms in total. The van der Waals surface area contributed by atoms with Crippen molar-refractivity contribution in [3.63, 3.8) is 0 Å². The molecule has 0 aromatic rings. The second-order valence-corrected chi connectivity index (χ2v) is 2.40. The number of ether oxygens (including phenoxy) is 4. The van der Waals surface area contributed by atoms with Gasteiger partial charge in [-0.1, -0.05) is 6.08 Å². The fourth-order valence-corrected chi connectivity index (χ4v) is 0.847. The summed E-state index contributed by atoms with van der Waals surface area (Å²) in [6, 6.07) is 0. The molecule has 0 saturated carbocycles. The maximum Gasteiger partial charge on any atom is 0.508 e. The summed E-state index contributed by atoms with van der Waals surface area (Å²) in [5.41, 5.74) is 0. The van der Waals surface area contributed by atoms with Crippen LogP contribution < -0.4 is 0 Å². The van der Waals surface area contributed by atoms with Gasteiger partial charge in [0.1, 0.15) is 12.9 Å². The van der Waals surface area contributed by atoms with E-state index in [-0.39, 0.29) is 13.4 Å². The average molecular weight is 188 g/mol. The van der Waals surface area contributed by atoms with Crippen LogP contribution >= 0.6 is 0 Å². The van der Waals surface area contributed by atoms with Crippen LogP contribution in [-0.4, -0.2) is 39.4 Å². The Kier molecular flexibility index (Phi) is 4.28. The number of rotatable bonds is 1. The molecule has 0 fully saturated rings. The first kappa shape index (κ1) is 10.0. The lowest BCUT2D eigenvalue weighted by Crippen LogP contribution is -2.23. The van der Waals surface area contributed by atoms with Crippen molar-refractivity contribution in [2.24, 2.45) is 0 Å². The van der Waals surface area contributed by atoms with E-state index in [9.17, 15) is 4.79 Å². The van der Waals surface area contributed by atoms with Gasteiger partial charge in [0.15, 0.2) is 0 Å². The molecule has 1 heterocycles. The Bertz CT molecular complexity index is 189. The summed E-state index contributed by atoms with van der Waals surface area (Å²) in [6.45, 7) is 0.956. The van der Waals surface area contributed by atoms with E-state index >= 15 is 0 Å². The molecule has 0 aromatic heterocycles. The molecule has 1 unspecified atom stereocenters. The van der Waals surface area contributed by atoms with Gasteiger partial charge in [-0.3, -0.25) is 0 Å². The molecular weight excluding hydrogens is 176 g/mol. The third kappa shape index (κ3) is 3.91. The number of hydrogen-bond donors (Lipinski definition) is 0. The van der Waals surface area contributed by atoms with Gasteiger partial charge in [0.25, 0.3) is 0 Å². The van der Waals surface area contributed by atoms with Crippen LogP contribution in [0.2, 0.25) is 0 Å². The monoisotopic (exact) mass is 188 g/mol. The van der Waals surface area contributed by atoms with Crippen molar-refractivity contribution in [1.29, 1.82) is 0 Å². The SMILES string of the molecule is COC(=O)OC1C=CCOCOC1. The van der Waals surface area contributed by atoms with E-state index in [2.05, 4.69) is 4.74 Å². The van der Waals surface area contributed by atoms with Gasteiger partial charge in [-0.15, -0.1) is 0 Å². The summed E-state index contributed by atoms with van der Waals surface area (Å²) >= 11 is 0. The standard InChI is InChI=1S/C8H12O5/c1-10-8(9)13-7-3-2-4-11-6-12-5-7/h2-3,7H,4-6H2,1H3. The first-order valence-corrected chi connectivity index (χ1v) is 3.89. The van der Waals surface area contributed by atoms with E-state index in [1.807, 2.05) is 0 Å². The van der Waals surface area contributed by atoms with E-state index < -0.39 is 12.3 Å². The van der Waals surface area contributed by atoms with Gasteiger partial charge in [-0.25, -0.2) is 4.79 Å². The van der Waals surface area contributed by atoms with Gasteiger partial charge in [-0.05, 0) is 6.08 Å². The number of methoxy groups -OCH3 is 1. The summed E-state index contributed by atoms with van der Waals surface area (Å²) in [5.74, 6) is 0.